The minimum absolute atomic E-state index is 0.112. The molecule has 0 aliphatic carbocycles. The molecule has 100 valence electrons. The number of hydrogen-bond acceptors (Lipinski definition) is 5. The van der Waals surface area contributed by atoms with Crippen LogP contribution >= 0.6 is 0 Å². The van der Waals surface area contributed by atoms with Gasteiger partial charge in [0, 0.05) is 31.4 Å². The summed E-state index contributed by atoms with van der Waals surface area (Å²) in [6.07, 6.45) is 2.65. The molecule has 0 aliphatic heterocycles. The van der Waals surface area contributed by atoms with Gasteiger partial charge >= 0.3 is 0 Å². The van der Waals surface area contributed by atoms with Gasteiger partial charge in [-0.15, -0.1) is 5.10 Å². The number of benzene rings is 1. The quantitative estimate of drug-likeness (QED) is 0.622. The van der Waals surface area contributed by atoms with E-state index in [1.807, 2.05) is 13.2 Å². The van der Waals surface area contributed by atoms with Gasteiger partial charge in [0.1, 0.15) is 0 Å². The third-order valence-corrected chi connectivity index (χ3v) is 2.72. The predicted molar refractivity (Wildman–Crippen MR) is 69.6 cm³/mol. The molecular weight excluding hydrogens is 246 g/mol. The van der Waals surface area contributed by atoms with Crippen molar-refractivity contribution in [1.82, 2.24) is 20.3 Å². The zero-order chi connectivity index (χ0) is 13.7. The second-order valence-corrected chi connectivity index (χ2v) is 4.18. The normalized spacial score (nSPS) is 10.6. The Morgan fingerprint density at radius 1 is 1.37 bits per heavy atom. The molecular formula is C12H15N5O2. The van der Waals surface area contributed by atoms with Crippen LogP contribution in [0.25, 0.3) is 0 Å². The Bertz CT molecular complexity index is 550. The highest BCUT2D eigenvalue weighted by molar-refractivity contribution is 5.32. The van der Waals surface area contributed by atoms with Gasteiger partial charge in [0.25, 0.3) is 5.69 Å². The maximum Gasteiger partial charge on any atom is 0.269 e. The van der Waals surface area contributed by atoms with E-state index in [0.717, 1.165) is 17.7 Å². The fourth-order valence-corrected chi connectivity index (χ4v) is 1.74. The molecule has 19 heavy (non-hydrogen) atoms. The molecule has 0 amide bonds. The minimum atomic E-state index is -0.398. The highest BCUT2D eigenvalue weighted by atomic mass is 16.6. The van der Waals surface area contributed by atoms with Crippen LogP contribution in [0.4, 0.5) is 5.69 Å². The van der Waals surface area contributed by atoms with Crippen molar-refractivity contribution in [2.75, 3.05) is 7.05 Å². The fourth-order valence-electron chi connectivity index (χ4n) is 1.74. The first-order chi connectivity index (χ1) is 9.19. The van der Waals surface area contributed by atoms with E-state index in [4.69, 9.17) is 0 Å². The molecule has 1 heterocycles. The lowest BCUT2D eigenvalue weighted by atomic mass is 10.1. The fraction of sp³-hybridized carbons (Fsp3) is 0.333. The van der Waals surface area contributed by atoms with Crippen LogP contribution in [0, 0.1) is 10.1 Å². The monoisotopic (exact) mass is 261 g/mol. The van der Waals surface area contributed by atoms with Crippen LogP contribution in [0.3, 0.4) is 0 Å². The van der Waals surface area contributed by atoms with Crippen molar-refractivity contribution in [3.63, 3.8) is 0 Å². The molecule has 0 saturated carbocycles. The van der Waals surface area contributed by atoms with E-state index >= 15 is 0 Å². The molecule has 0 aliphatic rings. The highest BCUT2D eigenvalue weighted by Gasteiger charge is 2.04. The molecule has 7 heteroatoms. The summed E-state index contributed by atoms with van der Waals surface area (Å²) in [5.41, 5.74) is 2.04. The van der Waals surface area contributed by atoms with Crippen LogP contribution in [-0.2, 0) is 19.5 Å². The van der Waals surface area contributed by atoms with Crippen LogP contribution < -0.4 is 5.32 Å². The molecule has 1 aromatic carbocycles. The Balaban J connectivity index is 1.92. The molecule has 1 N–H and O–H groups in total. The Kier molecular flexibility index (Phi) is 4.19. The van der Waals surface area contributed by atoms with E-state index in [0.29, 0.717) is 13.1 Å². The van der Waals surface area contributed by atoms with Gasteiger partial charge in [0.15, 0.2) is 0 Å². The second kappa shape index (κ2) is 6.05. The number of aryl methyl sites for hydroxylation is 2. The van der Waals surface area contributed by atoms with E-state index < -0.39 is 4.92 Å². The average molecular weight is 261 g/mol. The largest absolute Gasteiger partial charge is 0.314 e. The maximum atomic E-state index is 10.5. The summed E-state index contributed by atoms with van der Waals surface area (Å²) in [4.78, 5) is 10.1. The number of nitro groups is 1. The molecule has 0 unspecified atom stereocenters. The Morgan fingerprint density at radius 2 is 2.11 bits per heavy atom. The summed E-state index contributed by atoms with van der Waals surface area (Å²) in [6.45, 7) is 1.39. The maximum absolute atomic E-state index is 10.5. The number of nitrogens with one attached hydrogen (secondary N) is 1. The Morgan fingerprint density at radius 3 is 2.74 bits per heavy atom. The first-order valence-electron chi connectivity index (χ1n) is 5.96. The number of nitro benzene ring substituents is 1. The summed E-state index contributed by atoms with van der Waals surface area (Å²) in [5.74, 6) is 0. The lowest BCUT2D eigenvalue weighted by Gasteiger charge is -2.01. The van der Waals surface area contributed by atoms with Crippen molar-refractivity contribution in [3.05, 3.63) is 51.8 Å². The van der Waals surface area contributed by atoms with Crippen molar-refractivity contribution >= 4 is 5.69 Å². The van der Waals surface area contributed by atoms with Gasteiger partial charge in [-0.25, -0.2) is 0 Å². The summed E-state index contributed by atoms with van der Waals surface area (Å²) in [6, 6.07) is 6.57. The van der Waals surface area contributed by atoms with Gasteiger partial charge in [-0.2, -0.15) is 0 Å². The standard InChI is InChI=1S/C12H15N5O2/c1-13-8-11-9-16(15-14-11)7-6-10-2-4-12(5-3-10)17(18)19/h2-5,9,13H,6-8H2,1H3. The van der Waals surface area contributed by atoms with Crippen LogP contribution in [0.1, 0.15) is 11.3 Å². The number of hydrogen-bond donors (Lipinski definition) is 1. The van der Waals surface area contributed by atoms with Gasteiger partial charge in [0.2, 0.25) is 0 Å². The van der Waals surface area contributed by atoms with Crippen molar-refractivity contribution in [2.24, 2.45) is 0 Å². The summed E-state index contributed by atoms with van der Waals surface area (Å²) < 4.78 is 1.77. The van der Waals surface area contributed by atoms with Crippen molar-refractivity contribution in [3.8, 4) is 0 Å². The van der Waals surface area contributed by atoms with E-state index in [2.05, 4.69) is 15.6 Å². The highest BCUT2D eigenvalue weighted by Crippen LogP contribution is 2.12. The summed E-state index contributed by atoms with van der Waals surface area (Å²) >= 11 is 0. The van der Waals surface area contributed by atoms with Crippen molar-refractivity contribution in [1.29, 1.82) is 0 Å². The first-order valence-corrected chi connectivity index (χ1v) is 5.96. The van der Waals surface area contributed by atoms with E-state index in [-0.39, 0.29) is 5.69 Å². The first kappa shape index (κ1) is 13.2. The zero-order valence-electron chi connectivity index (χ0n) is 10.6. The number of nitrogens with zero attached hydrogens (tertiary/aromatic N) is 4. The van der Waals surface area contributed by atoms with Crippen molar-refractivity contribution in [2.45, 2.75) is 19.5 Å². The zero-order valence-corrected chi connectivity index (χ0v) is 10.6. The summed E-state index contributed by atoms with van der Waals surface area (Å²) in [7, 11) is 1.86. The average Bonchev–Trinajstić information content (AvgIpc) is 2.85. The SMILES string of the molecule is CNCc1cn(CCc2ccc([N+](=O)[O-])cc2)nn1. The number of non-ortho nitro benzene ring substituents is 1. The minimum Gasteiger partial charge on any atom is -0.314 e. The molecule has 7 nitrogen and oxygen atoms in total. The van der Waals surface area contributed by atoms with E-state index in [1.54, 1.807) is 16.8 Å². The van der Waals surface area contributed by atoms with Gasteiger partial charge in [-0.05, 0) is 19.0 Å². The molecule has 0 radical (unpaired) electrons. The predicted octanol–water partition coefficient (Wildman–Crippen LogP) is 1.15. The summed E-state index contributed by atoms with van der Waals surface area (Å²) in [5, 5.41) is 21.6. The third kappa shape index (κ3) is 3.59. The van der Waals surface area contributed by atoms with Gasteiger partial charge in [-0.1, -0.05) is 17.3 Å². The molecule has 2 rings (SSSR count). The van der Waals surface area contributed by atoms with Gasteiger partial charge < -0.3 is 5.32 Å². The molecule has 0 saturated heterocycles. The number of aromatic nitrogens is 3. The lowest BCUT2D eigenvalue weighted by Crippen LogP contribution is -2.05. The Labute approximate surface area is 110 Å². The molecule has 1 aromatic heterocycles. The van der Waals surface area contributed by atoms with E-state index in [1.165, 1.54) is 12.1 Å². The van der Waals surface area contributed by atoms with Crippen LogP contribution in [-0.4, -0.2) is 27.0 Å². The molecule has 0 fully saturated rings. The van der Waals surface area contributed by atoms with Gasteiger partial charge in [-0.3, -0.25) is 14.8 Å². The molecule has 2 aromatic rings. The van der Waals surface area contributed by atoms with Crippen molar-refractivity contribution < 1.29 is 4.92 Å². The second-order valence-electron chi connectivity index (χ2n) is 4.18. The van der Waals surface area contributed by atoms with Crippen LogP contribution in [0.2, 0.25) is 0 Å². The number of rotatable bonds is 6. The molecule has 0 atom stereocenters. The smallest absolute Gasteiger partial charge is 0.269 e. The van der Waals surface area contributed by atoms with Gasteiger partial charge in [0.05, 0.1) is 10.6 Å². The van der Waals surface area contributed by atoms with E-state index in [9.17, 15) is 10.1 Å². The molecule has 0 bridgehead atoms. The Hall–Kier alpha value is -2.28. The van der Waals surface area contributed by atoms with Crippen LogP contribution in [0.15, 0.2) is 30.5 Å². The lowest BCUT2D eigenvalue weighted by molar-refractivity contribution is -0.384. The van der Waals surface area contributed by atoms with Crippen LogP contribution in [0.5, 0.6) is 0 Å². The molecule has 0 spiro atoms. The topological polar surface area (TPSA) is 85.9 Å². The third-order valence-electron chi connectivity index (χ3n) is 2.72.